The number of carbonyl (C=O) groups is 2. The minimum atomic E-state index is -0.167. The molecule has 35 heavy (non-hydrogen) atoms. The Labute approximate surface area is 209 Å². The smallest absolute Gasteiger partial charge is 0.410 e. The summed E-state index contributed by atoms with van der Waals surface area (Å²) in [6, 6.07) is 10.6. The van der Waals surface area contributed by atoms with Crippen molar-refractivity contribution < 1.29 is 19.1 Å². The molecule has 1 aromatic rings. The lowest BCUT2D eigenvalue weighted by Gasteiger charge is -2.35. The molecule has 194 valence electrons. The van der Waals surface area contributed by atoms with Crippen molar-refractivity contribution in [3.05, 3.63) is 35.9 Å². The summed E-state index contributed by atoms with van der Waals surface area (Å²) in [4.78, 5) is 35.3. The number of piperazine rings is 2. The Morgan fingerprint density at radius 3 is 2.20 bits per heavy atom. The summed E-state index contributed by atoms with van der Waals surface area (Å²) < 4.78 is 10.4. The molecule has 3 aliphatic heterocycles. The number of cyclic esters (lactones) is 1. The first-order chi connectivity index (χ1) is 17.1. The van der Waals surface area contributed by atoms with Crippen LogP contribution in [0.5, 0.6) is 0 Å². The number of carbonyl (C=O) groups excluding carboxylic acids is 2. The van der Waals surface area contributed by atoms with Gasteiger partial charge in [0.2, 0.25) is 0 Å². The largest absolute Gasteiger partial charge is 0.469 e. The van der Waals surface area contributed by atoms with Crippen LogP contribution in [0.15, 0.2) is 30.3 Å². The van der Waals surface area contributed by atoms with Crippen LogP contribution in [0, 0.1) is 0 Å². The molecular weight excluding hydrogens is 446 g/mol. The number of rotatable bonds is 11. The lowest BCUT2D eigenvalue weighted by Crippen LogP contribution is -2.49. The molecule has 0 saturated carbocycles. The van der Waals surface area contributed by atoms with Crippen molar-refractivity contribution in [1.82, 2.24) is 24.5 Å². The minimum absolute atomic E-state index is 0.0453. The van der Waals surface area contributed by atoms with Crippen LogP contribution in [-0.2, 0) is 20.8 Å². The van der Waals surface area contributed by atoms with Crippen molar-refractivity contribution in [1.29, 1.82) is 0 Å². The number of amides is 1. The molecule has 3 fully saturated rings. The maximum atomic E-state index is 12.4. The maximum Gasteiger partial charge on any atom is 0.410 e. The van der Waals surface area contributed by atoms with Gasteiger partial charge in [-0.25, -0.2) is 4.79 Å². The molecule has 3 heterocycles. The van der Waals surface area contributed by atoms with Crippen LogP contribution in [0.2, 0.25) is 0 Å². The van der Waals surface area contributed by atoms with E-state index >= 15 is 0 Å². The highest BCUT2D eigenvalue weighted by Gasteiger charge is 2.33. The van der Waals surface area contributed by atoms with Crippen molar-refractivity contribution in [3.8, 4) is 0 Å². The first-order valence-electron chi connectivity index (χ1n) is 13.0. The van der Waals surface area contributed by atoms with Crippen LogP contribution in [0.3, 0.4) is 0 Å². The van der Waals surface area contributed by atoms with E-state index in [1.54, 1.807) is 0 Å². The fraction of sp³-hybridized carbons (Fsp3) is 0.692. The molecule has 0 spiro atoms. The Balaban J connectivity index is 1.08. The summed E-state index contributed by atoms with van der Waals surface area (Å²) in [6.45, 7) is 13.2. The van der Waals surface area contributed by atoms with Crippen LogP contribution < -0.4 is 0 Å². The zero-order valence-corrected chi connectivity index (χ0v) is 21.1. The molecule has 3 aliphatic rings. The fourth-order valence-corrected chi connectivity index (χ4v) is 5.16. The van der Waals surface area contributed by atoms with E-state index < -0.39 is 0 Å². The molecular formula is C26H41N5O4. The lowest BCUT2D eigenvalue weighted by molar-refractivity contribution is -0.140. The van der Waals surface area contributed by atoms with Crippen molar-refractivity contribution >= 4 is 12.1 Å². The first-order valence-corrected chi connectivity index (χ1v) is 13.0. The number of benzene rings is 1. The highest BCUT2D eigenvalue weighted by atomic mass is 16.6. The number of ether oxygens (including phenoxy) is 2. The van der Waals surface area contributed by atoms with Gasteiger partial charge in [0.05, 0.1) is 13.7 Å². The van der Waals surface area contributed by atoms with Gasteiger partial charge in [0, 0.05) is 85.0 Å². The zero-order valence-electron chi connectivity index (χ0n) is 21.1. The number of nitrogens with zero attached hydrogens (tertiary/aromatic N) is 5. The SMILES string of the molecule is COC(=O)CCCN1CCN(CC2CN(CCN3CCN(Cc4ccccc4)CC3)C(=O)O2)CC1. The Morgan fingerprint density at radius 1 is 0.886 bits per heavy atom. The standard InChI is InChI=1S/C26H41N5O4/c1-34-25(32)8-5-9-27-10-16-30(17-11-27)21-24-22-31(26(33)35-24)19-18-28-12-14-29(15-13-28)20-23-6-3-2-4-7-23/h2-4,6-7,24H,5,8-22H2,1H3. The van der Waals surface area contributed by atoms with Gasteiger partial charge < -0.3 is 19.3 Å². The molecule has 1 aromatic carbocycles. The molecule has 4 rings (SSSR count). The van der Waals surface area contributed by atoms with E-state index in [4.69, 9.17) is 9.47 Å². The third-order valence-corrected chi connectivity index (χ3v) is 7.36. The Hall–Kier alpha value is -2.20. The van der Waals surface area contributed by atoms with Crippen molar-refractivity contribution in [2.45, 2.75) is 25.5 Å². The van der Waals surface area contributed by atoms with E-state index in [1.807, 2.05) is 4.90 Å². The summed E-state index contributed by atoms with van der Waals surface area (Å²) in [5, 5.41) is 0. The van der Waals surface area contributed by atoms with Crippen LogP contribution >= 0.6 is 0 Å². The molecule has 0 aliphatic carbocycles. The molecule has 0 N–H and O–H groups in total. The second kappa shape index (κ2) is 13.2. The van der Waals surface area contributed by atoms with E-state index in [0.717, 1.165) is 91.5 Å². The van der Waals surface area contributed by atoms with E-state index in [-0.39, 0.29) is 18.2 Å². The number of hydrogen-bond donors (Lipinski definition) is 0. The fourth-order valence-electron chi connectivity index (χ4n) is 5.16. The van der Waals surface area contributed by atoms with Crippen molar-refractivity contribution in [2.24, 2.45) is 0 Å². The quantitative estimate of drug-likeness (QED) is 0.432. The van der Waals surface area contributed by atoms with Gasteiger partial charge in [-0.2, -0.15) is 0 Å². The first kappa shape index (κ1) is 25.9. The summed E-state index contributed by atoms with van der Waals surface area (Å²) in [6.07, 6.45) is 1.10. The van der Waals surface area contributed by atoms with Crippen LogP contribution in [0.4, 0.5) is 4.79 Å². The molecule has 0 bridgehead atoms. The predicted octanol–water partition coefficient (Wildman–Crippen LogP) is 1.20. The van der Waals surface area contributed by atoms with Crippen molar-refractivity contribution in [3.63, 3.8) is 0 Å². The van der Waals surface area contributed by atoms with E-state index in [0.29, 0.717) is 13.0 Å². The summed E-state index contributed by atoms with van der Waals surface area (Å²) >= 11 is 0. The number of hydrogen-bond acceptors (Lipinski definition) is 8. The molecule has 0 radical (unpaired) electrons. The van der Waals surface area contributed by atoms with Crippen LogP contribution in [0.25, 0.3) is 0 Å². The number of methoxy groups -OCH3 is 1. The van der Waals surface area contributed by atoms with Gasteiger partial charge in [-0.1, -0.05) is 30.3 Å². The summed E-state index contributed by atoms with van der Waals surface area (Å²) in [5.74, 6) is -0.137. The highest BCUT2D eigenvalue weighted by Crippen LogP contribution is 2.15. The Morgan fingerprint density at radius 2 is 1.51 bits per heavy atom. The minimum Gasteiger partial charge on any atom is -0.469 e. The second-order valence-corrected chi connectivity index (χ2v) is 9.88. The summed E-state index contributed by atoms with van der Waals surface area (Å²) in [7, 11) is 1.44. The molecule has 1 unspecified atom stereocenters. The van der Waals surface area contributed by atoms with Crippen LogP contribution in [-0.4, -0.2) is 135 Å². The van der Waals surface area contributed by atoms with Gasteiger partial charge in [0.1, 0.15) is 6.10 Å². The predicted molar refractivity (Wildman–Crippen MR) is 134 cm³/mol. The van der Waals surface area contributed by atoms with E-state index in [2.05, 4.69) is 49.9 Å². The van der Waals surface area contributed by atoms with Gasteiger partial charge in [-0.3, -0.25) is 19.5 Å². The molecule has 3 saturated heterocycles. The number of esters is 1. The lowest BCUT2D eigenvalue weighted by atomic mass is 10.2. The van der Waals surface area contributed by atoms with E-state index in [9.17, 15) is 9.59 Å². The Bertz CT molecular complexity index is 794. The van der Waals surface area contributed by atoms with Crippen molar-refractivity contribution in [2.75, 3.05) is 92.2 Å². The molecule has 1 amide bonds. The second-order valence-electron chi connectivity index (χ2n) is 9.88. The average Bonchev–Trinajstić information content (AvgIpc) is 3.23. The molecule has 1 atom stereocenters. The van der Waals surface area contributed by atoms with E-state index in [1.165, 1.54) is 12.7 Å². The van der Waals surface area contributed by atoms with Gasteiger partial charge in [0.15, 0.2) is 0 Å². The van der Waals surface area contributed by atoms with Gasteiger partial charge >= 0.3 is 12.1 Å². The molecule has 9 heteroatoms. The highest BCUT2D eigenvalue weighted by molar-refractivity contribution is 5.70. The van der Waals surface area contributed by atoms with Gasteiger partial charge in [-0.15, -0.1) is 0 Å². The summed E-state index contributed by atoms with van der Waals surface area (Å²) in [5.41, 5.74) is 1.37. The normalized spacial score (nSPS) is 22.9. The third kappa shape index (κ3) is 8.17. The Kier molecular flexibility index (Phi) is 9.76. The maximum absolute atomic E-state index is 12.4. The zero-order chi connectivity index (χ0) is 24.5. The molecule has 0 aromatic heterocycles. The average molecular weight is 488 g/mol. The van der Waals surface area contributed by atoms with Gasteiger partial charge in [-0.05, 0) is 18.5 Å². The van der Waals surface area contributed by atoms with Crippen LogP contribution in [0.1, 0.15) is 18.4 Å². The monoisotopic (exact) mass is 487 g/mol. The third-order valence-electron chi connectivity index (χ3n) is 7.36. The van der Waals surface area contributed by atoms with Gasteiger partial charge in [0.25, 0.3) is 0 Å². The molecule has 9 nitrogen and oxygen atoms in total. The topological polar surface area (TPSA) is 68.8 Å².